The lowest BCUT2D eigenvalue weighted by molar-refractivity contribution is -0.123. The molecule has 2 amide bonds. The summed E-state index contributed by atoms with van der Waals surface area (Å²) >= 11 is 6.98. The Hall–Kier alpha value is -3.04. The average Bonchev–Trinajstić information content (AvgIpc) is 3.42. The van der Waals surface area contributed by atoms with E-state index in [1.165, 1.54) is 17.3 Å². The van der Waals surface area contributed by atoms with Crippen molar-refractivity contribution in [2.24, 2.45) is 0 Å². The normalized spacial score (nSPS) is 12.5. The maximum atomic E-state index is 12.5. The van der Waals surface area contributed by atoms with E-state index in [4.69, 9.17) is 20.8 Å². The molecule has 0 fully saturated rings. The molecule has 2 heterocycles. The fourth-order valence-corrected chi connectivity index (χ4v) is 3.85. The van der Waals surface area contributed by atoms with Gasteiger partial charge in [-0.25, -0.2) is 0 Å². The van der Waals surface area contributed by atoms with Crippen molar-refractivity contribution in [2.45, 2.75) is 18.2 Å². The summed E-state index contributed by atoms with van der Waals surface area (Å²) in [5.41, 5.74) is 2.14. The van der Waals surface area contributed by atoms with Crippen LogP contribution < -0.4 is 15.0 Å². The Morgan fingerprint density at radius 2 is 1.97 bits per heavy atom. The third-order valence-corrected chi connectivity index (χ3v) is 5.63. The van der Waals surface area contributed by atoms with Crippen molar-refractivity contribution < 1.29 is 18.7 Å². The maximum Gasteiger partial charge on any atom is 0.277 e. The lowest BCUT2D eigenvalue weighted by Crippen LogP contribution is -2.30. The predicted molar refractivity (Wildman–Crippen MR) is 116 cm³/mol. The van der Waals surface area contributed by atoms with Gasteiger partial charge in [-0.05, 0) is 42.3 Å². The van der Waals surface area contributed by atoms with Gasteiger partial charge in [-0.15, -0.1) is 10.2 Å². The third-order valence-electron chi connectivity index (χ3n) is 4.58. The van der Waals surface area contributed by atoms with Crippen LogP contribution in [0.4, 0.5) is 5.69 Å². The highest BCUT2D eigenvalue weighted by atomic mass is 35.5. The van der Waals surface area contributed by atoms with E-state index >= 15 is 0 Å². The van der Waals surface area contributed by atoms with E-state index in [2.05, 4.69) is 15.5 Å². The molecule has 0 unspecified atom stereocenters. The predicted octanol–water partition coefficient (Wildman–Crippen LogP) is 3.10. The van der Waals surface area contributed by atoms with Crippen LogP contribution in [-0.4, -0.2) is 40.9 Å². The molecule has 4 rings (SSSR count). The molecule has 0 bridgehead atoms. The van der Waals surface area contributed by atoms with Gasteiger partial charge in [0.2, 0.25) is 11.8 Å². The second-order valence-corrected chi connectivity index (χ2v) is 8.06. The van der Waals surface area contributed by atoms with Gasteiger partial charge in [-0.3, -0.25) is 9.59 Å². The van der Waals surface area contributed by atoms with E-state index in [-0.39, 0.29) is 41.8 Å². The zero-order chi connectivity index (χ0) is 21.6. The van der Waals surface area contributed by atoms with Crippen LogP contribution in [0.1, 0.15) is 11.5 Å². The van der Waals surface area contributed by atoms with E-state index in [1.54, 1.807) is 29.2 Å². The molecule has 1 aliphatic heterocycles. The largest absolute Gasteiger partial charge is 0.484 e. The van der Waals surface area contributed by atoms with Gasteiger partial charge < -0.3 is 19.4 Å². The minimum absolute atomic E-state index is 0.0117. The summed E-state index contributed by atoms with van der Waals surface area (Å²) in [6.45, 7) is 0.602. The molecular formula is C21H19ClN4O4S. The molecule has 0 saturated heterocycles. The number of fused-ring (bicyclic) bond motifs is 1. The highest BCUT2D eigenvalue weighted by molar-refractivity contribution is 7.99. The van der Waals surface area contributed by atoms with E-state index < -0.39 is 0 Å². The molecule has 1 N–H and O–H groups in total. The fraction of sp³-hybridized carbons (Fsp3) is 0.238. The average molecular weight is 459 g/mol. The first kappa shape index (κ1) is 21.2. The monoisotopic (exact) mass is 458 g/mol. The molecule has 1 aromatic heterocycles. The van der Waals surface area contributed by atoms with Crippen LogP contribution in [0.3, 0.4) is 0 Å². The van der Waals surface area contributed by atoms with Gasteiger partial charge in [-0.1, -0.05) is 41.6 Å². The fourth-order valence-electron chi connectivity index (χ4n) is 3.07. The van der Waals surface area contributed by atoms with Gasteiger partial charge in [0.25, 0.3) is 11.1 Å². The minimum atomic E-state index is -0.328. The van der Waals surface area contributed by atoms with Crippen molar-refractivity contribution in [3.8, 4) is 5.75 Å². The van der Waals surface area contributed by atoms with Crippen LogP contribution >= 0.6 is 23.4 Å². The zero-order valence-electron chi connectivity index (χ0n) is 16.4. The highest BCUT2D eigenvalue weighted by Gasteiger charge is 2.24. The molecule has 0 atom stereocenters. The number of carbonyl (C=O) groups excluding carboxylic acids is 2. The molecule has 0 spiro atoms. The Bertz CT molecular complexity index is 1070. The molecule has 3 aromatic rings. The topological polar surface area (TPSA) is 97.6 Å². The first-order valence-electron chi connectivity index (χ1n) is 9.57. The summed E-state index contributed by atoms with van der Waals surface area (Å²) in [4.78, 5) is 26.2. The number of nitrogens with one attached hydrogen (secondary N) is 1. The molecule has 0 saturated carbocycles. The van der Waals surface area contributed by atoms with Gasteiger partial charge in [0.05, 0.1) is 12.3 Å². The molecule has 31 heavy (non-hydrogen) atoms. The van der Waals surface area contributed by atoms with Gasteiger partial charge in [0.1, 0.15) is 5.75 Å². The summed E-state index contributed by atoms with van der Waals surface area (Å²) in [5.74, 6) is 0.646. The van der Waals surface area contributed by atoms with Crippen molar-refractivity contribution in [3.63, 3.8) is 0 Å². The van der Waals surface area contributed by atoms with Crippen LogP contribution in [0.15, 0.2) is 58.2 Å². The van der Waals surface area contributed by atoms with Crippen LogP contribution in [0.25, 0.3) is 0 Å². The van der Waals surface area contributed by atoms with Gasteiger partial charge >= 0.3 is 0 Å². The Labute approximate surface area is 187 Å². The number of benzene rings is 2. The van der Waals surface area contributed by atoms with Crippen molar-refractivity contribution in [1.29, 1.82) is 0 Å². The summed E-state index contributed by atoms with van der Waals surface area (Å²) in [5, 5.41) is 11.3. The first-order valence-corrected chi connectivity index (χ1v) is 10.9. The number of aromatic nitrogens is 2. The Balaban J connectivity index is 1.20. The lowest BCUT2D eigenvalue weighted by atomic mass is 10.2. The van der Waals surface area contributed by atoms with E-state index in [1.807, 2.05) is 24.3 Å². The number of hydrogen-bond acceptors (Lipinski definition) is 7. The highest BCUT2D eigenvalue weighted by Crippen LogP contribution is 2.28. The number of anilines is 1. The minimum Gasteiger partial charge on any atom is -0.484 e. The maximum absolute atomic E-state index is 12.5. The number of carbonyl (C=O) groups is 2. The standard InChI is InChI=1S/C21H19ClN4O4S/c22-15-5-7-16(8-6-15)29-12-18(27)23-11-19-24-25-21(30-19)31-13-20(28)26-10-9-14-3-1-2-4-17(14)26/h1-8H,9-13H2,(H,23,27). The number of rotatable bonds is 8. The molecule has 0 aliphatic carbocycles. The second-order valence-electron chi connectivity index (χ2n) is 6.69. The zero-order valence-corrected chi connectivity index (χ0v) is 18.0. The Morgan fingerprint density at radius 3 is 2.81 bits per heavy atom. The van der Waals surface area contributed by atoms with Gasteiger partial charge in [-0.2, -0.15) is 0 Å². The number of hydrogen-bond donors (Lipinski definition) is 1. The number of para-hydroxylation sites is 1. The molecular weight excluding hydrogens is 440 g/mol. The van der Waals surface area contributed by atoms with Crippen LogP contribution in [0.2, 0.25) is 5.02 Å². The third kappa shape index (κ3) is 5.56. The van der Waals surface area contributed by atoms with Crippen molar-refractivity contribution in [2.75, 3.05) is 23.8 Å². The van der Waals surface area contributed by atoms with E-state index in [0.29, 0.717) is 17.3 Å². The van der Waals surface area contributed by atoms with Crippen molar-refractivity contribution >= 4 is 40.9 Å². The molecule has 160 valence electrons. The summed E-state index contributed by atoms with van der Waals surface area (Å²) in [7, 11) is 0. The molecule has 10 heteroatoms. The molecule has 8 nitrogen and oxygen atoms in total. The smallest absolute Gasteiger partial charge is 0.277 e. The van der Waals surface area contributed by atoms with Gasteiger partial charge in [0, 0.05) is 17.3 Å². The van der Waals surface area contributed by atoms with Crippen molar-refractivity contribution in [3.05, 3.63) is 65.0 Å². The summed E-state index contributed by atoms with van der Waals surface area (Å²) in [6.07, 6.45) is 0.860. The lowest BCUT2D eigenvalue weighted by Gasteiger charge is -2.16. The quantitative estimate of drug-likeness (QED) is 0.518. The molecule has 1 aliphatic rings. The number of ether oxygens (including phenoxy) is 1. The second kappa shape index (κ2) is 9.84. The van der Waals surface area contributed by atoms with Crippen LogP contribution in [0.5, 0.6) is 5.75 Å². The first-order chi connectivity index (χ1) is 15.1. The summed E-state index contributed by atoms with van der Waals surface area (Å²) in [6, 6.07) is 14.6. The number of thioether (sulfide) groups is 1. The summed E-state index contributed by atoms with van der Waals surface area (Å²) < 4.78 is 10.9. The number of halogens is 1. The Morgan fingerprint density at radius 1 is 1.16 bits per heavy atom. The van der Waals surface area contributed by atoms with Crippen LogP contribution in [-0.2, 0) is 22.6 Å². The molecule has 2 aromatic carbocycles. The van der Waals surface area contributed by atoms with Crippen LogP contribution in [0, 0.1) is 0 Å². The number of amides is 2. The van der Waals surface area contributed by atoms with Gasteiger partial charge in [0.15, 0.2) is 6.61 Å². The molecule has 0 radical (unpaired) electrons. The van der Waals surface area contributed by atoms with Crippen molar-refractivity contribution in [1.82, 2.24) is 15.5 Å². The Kier molecular flexibility index (Phi) is 6.73. The van der Waals surface area contributed by atoms with E-state index in [0.717, 1.165) is 12.1 Å². The van der Waals surface area contributed by atoms with E-state index in [9.17, 15) is 9.59 Å². The number of nitrogens with zero attached hydrogens (tertiary/aromatic N) is 3. The SMILES string of the molecule is O=C(COc1ccc(Cl)cc1)NCc1nnc(SCC(=O)N2CCc3ccccc32)o1.